The molecule has 0 saturated carbocycles. The number of H-pyrrole nitrogens is 1. The number of rotatable bonds is 4. The van der Waals surface area contributed by atoms with Crippen LogP contribution in [0.4, 0.5) is 5.69 Å². The summed E-state index contributed by atoms with van der Waals surface area (Å²) in [5, 5.41) is 2.96. The molecule has 2 aliphatic heterocycles. The lowest BCUT2D eigenvalue weighted by molar-refractivity contribution is -0.115. The summed E-state index contributed by atoms with van der Waals surface area (Å²) in [6.07, 6.45) is 3.20. The van der Waals surface area contributed by atoms with E-state index in [2.05, 4.69) is 15.3 Å². The van der Waals surface area contributed by atoms with Gasteiger partial charge < -0.3 is 24.5 Å². The van der Waals surface area contributed by atoms with Gasteiger partial charge in [0.25, 0.3) is 0 Å². The van der Waals surface area contributed by atoms with E-state index in [4.69, 9.17) is 14.2 Å². The van der Waals surface area contributed by atoms with Crippen molar-refractivity contribution in [3.8, 4) is 11.5 Å². The molecule has 150 valence electrons. The van der Waals surface area contributed by atoms with E-state index in [1.807, 2.05) is 36.4 Å². The van der Waals surface area contributed by atoms with E-state index in [-0.39, 0.29) is 18.4 Å². The number of amides is 1. The van der Waals surface area contributed by atoms with Crippen LogP contribution in [0.15, 0.2) is 36.4 Å². The number of aromatic nitrogens is 2. The molecule has 5 rings (SSSR count). The fourth-order valence-corrected chi connectivity index (χ4v) is 3.76. The highest BCUT2D eigenvalue weighted by atomic mass is 16.5. The van der Waals surface area contributed by atoms with Crippen molar-refractivity contribution < 1.29 is 19.0 Å². The molecule has 1 saturated heterocycles. The van der Waals surface area contributed by atoms with E-state index in [1.165, 1.54) is 0 Å². The Labute approximate surface area is 168 Å². The second kappa shape index (κ2) is 7.75. The summed E-state index contributed by atoms with van der Waals surface area (Å²) in [7, 11) is 0. The van der Waals surface area contributed by atoms with Gasteiger partial charge in [-0.1, -0.05) is 6.07 Å². The van der Waals surface area contributed by atoms with Crippen LogP contribution < -0.4 is 14.8 Å². The van der Waals surface area contributed by atoms with Gasteiger partial charge in [0.15, 0.2) is 11.5 Å². The molecular weight excluding hydrogens is 370 g/mol. The van der Waals surface area contributed by atoms with Crippen molar-refractivity contribution in [2.45, 2.75) is 31.8 Å². The van der Waals surface area contributed by atoms with E-state index in [9.17, 15) is 4.79 Å². The van der Waals surface area contributed by atoms with Crippen molar-refractivity contribution in [1.82, 2.24) is 9.97 Å². The number of carbonyl (C=O) groups is 1. The standard InChI is InChI=1S/C22H23N3O4/c26-21(12-14-4-7-18-20(11-14)29-10-2-9-27-18)23-15-5-6-16-17(13-15)25-22(24-16)19-3-1-8-28-19/h4-7,11,13,19H,1-3,8-10,12H2,(H,23,26)(H,24,25). The van der Waals surface area contributed by atoms with Crippen LogP contribution in [-0.4, -0.2) is 35.7 Å². The number of carbonyl (C=O) groups excluding carboxylic acids is 1. The summed E-state index contributed by atoms with van der Waals surface area (Å²) in [6, 6.07) is 11.3. The predicted molar refractivity (Wildman–Crippen MR) is 108 cm³/mol. The third kappa shape index (κ3) is 3.91. The molecule has 2 aliphatic rings. The van der Waals surface area contributed by atoms with Crippen molar-refractivity contribution in [3.05, 3.63) is 47.8 Å². The monoisotopic (exact) mass is 393 g/mol. The molecule has 3 heterocycles. The van der Waals surface area contributed by atoms with Crippen LogP contribution >= 0.6 is 0 Å². The van der Waals surface area contributed by atoms with Crippen LogP contribution in [-0.2, 0) is 16.0 Å². The Morgan fingerprint density at radius 3 is 2.83 bits per heavy atom. The highest BCUT2D eigenvalue weighted by Crippen LogP contribution is 2.31. The molecule has 29 heavy (non-hydrogen) atoms. The molecule has 1 aromatic heterocycles. The number of imidazole rings is 1. The number of fused-ring (bicyclic) bond motifs is 2. The van der Waals surface area contributed by atoms with Crippen molar-refractivity contribution in [1.29, 1.82) is 0 Å². The van der Waals surface area contributed by atoms with Gasteiger partial charge in [0, 0.05) is 18.7 Å². The molecule has 0 bridgehead atoms. The number of anilines is 1. The van der Waals surface area contributed by atoms with Crippen molar-refractivity contribution >= 4 is 22.6 Å². The second-order valence-corrected chi connectivity index (χ2v) is 7.41. The number of nitrogens with one attached hydrogen (secondary N) is 2. The molecule has 0 spiro atoms. The lowest BCUT2D eigenvalue weighted by atomic mass is 10.1. The zero-order valence-corrected chi connectivity index (χ0v) is 16.1. The highest BCUT2D eigenvalue weighted by molar-refractivity contribution is 5.94. The molecule has 7 heteroatoms. The van der Waals surface area contributed by atoms with E-state index in [1.54, 1.807) is 0 Å². The molecule has 1 fully saturated rings. The van der Waals surface area contributed by atoms with E-state index in [0.29, 0.717) is 19.0 Å². The molecule has 3 aromatic rings. The van der Waals surface area contributed by atoms with Gasteiger partial charge in [0.2, 0.25) is 5.91 Å². The summed E-state index contributed by atoms with van der Waals surface area (Å²) in [5.74, 6) is 2.21. The minimum absolute atomic E-state index is 0.0415. The SMILES string of the molecule is O=C(Cc1ccc2c(c1)OCCCO2)Nc1ccc2nc(C3CCCO3)[nH]c2c1. The van der Waals surface area contributed by atoms with Gasteiger partial charge in [0.1, 0.15) is 11.9 Å². The third-order valence-corrected chi connectivity index (χ3v) is 5.20. The number of hydrogen-bond donors (Lipinski definition) is 2. The normalized spacial score (nSPS) is 18.6. The fourth-order valence-electron chi connectivity index (χ4n) is 3.76. The van der Waals surface area contributed by atoms with Crippen LogP contribution in [0.3, 0.4) is 0 Å². The lowest BCUT2D eigenvalue weighted by Crippen LogP contribution is -2.14. The Bertz CT molecular complexity index is 1040. The molecule has 2 aromatic carbocycles. The zero-order chi connectivity index (χ0) is 19.6. The van der Waals surface area contributed by atoms with Crippen LogP contribution in [0, 0.1) is 0 Å². The van der Waals surface area contributed by atoms with Crippen molar-refractivity contribution in [3.63, 3.8) is 0 Å². The summed E-state index contributed by atoms with van der Waals surface area (Å²) < 4.78 is 17.0. The Morgan fingerprint density at radius 1 is 1.07 bits per heavy atom. The first-order chi connectivity index (χ1) is 14.2. The maximum atomic E-state index is 12.5. The molecule has 1 amide bonds. The van der Waals surface area contributed by atoms with Gasteiger partial charge in [-0.25, -0.2) is 4.98 Å². The van der Waals surface area contributed by atoms with Crippen LogP contribution in [0.5, 0.6) is 11.5 Å². The molecule has 1 unspecified atom stereocenters. The van der Waals surface area contributed by atoms with Crippen LogP contribution in [0.1, 0.15) is 36.8 Å². The first kappa shape index (κ1) is 18.0. The van der Waals surface area contributed by atoms with Crippen molar-refractivity contribution in [2.75, 3.05) is 25.1 Å². The van der Waals surface area contributed by atoms with E-state index in [0.717, 1.165) is 59.7 Å². The number of benzene rings is 2. The predicted octanol–water partition coefficient (Wildman–Crippen LogP) is 3.76. The average Bonchev–Trinajstić information content (AvgIpc) is 3.33. The van der Waals surface area contributed by atoms with Crippen LogP contribution in [0.25, 0.3) is 11.0 Å². The molecule has 1 atom stereocenters. The maximum Gasteiger partial charge on any atom is 0.228 e. The van der Waals surface area contributed by atoms with Gasteiger partial charge in [0.05, 0.1) is 30.7 Å². The highest BCUT2D eigenvalue weighted by Gasteiger charge is 2.21. The number of hydrogen-bond acceptors (Lipinski definition) is 5. The minimum atomic E-state index is -0.0855. The molecular formula is C22H23N3O4. The molecule has 0 aliphatic carbocycles. The summed E-state index contributed by atoms with van der Waals surface area (Å²) in [4.78, 5) is 20.5. The minimum Gasteiger partial charge on any atom is -0.490 e. The zero-order valence-electron chi connectivity index (χ0n) is 16.1. The third-order valence-electron chi connectivity index (χ3n) is 5.20. The van der Waals surface area contributed by atoms with Crippen LogP contribution in [0.2, 0.25) is 0 Å². The second-order valence-electron chi connectivity index (χ2n) is 7.41. The van der Waals surface area contributed by atoms with Gasteiger partial charge in [-0.3, -0.25) is 4.79 Å². The molecule has 0 radical (unpaired) electrons. The summed E-state index contributed by atoms with van der Waals surface area (Å²) in [6.45, 7) is 2.06. The Hall–Kier alpha value is -3.06. The van der Waals surface area contributed by atoms with E-state index >= 15 is 0 Å². The summed E-state index contributed by atoms with van der Waals surface area (Å²) >= 11 is 0. The quantitative estimate of drug-likeness (QED) is 0.705. The smallest absolute Gasteiger partial charge is 0.228 e. The van der Waals surface area contributed by atoms with Crippen molar-refractivity contribution in [2.24, 2.45) is 0 Å². The average molecular weight is 393 g/mol. The molecule has 7 nitrogen and oxygen atoms in total. The number of aromatic amines is 1. The first-order valence-electron chi connectivity index (χ1n) is 10.0. The summed E-state index contributed by atoms with van der Waals surface area (Å²) in [5.41, 5.74) is 3.38. The Kier molecular flexibility index (Phi) is 4.81. The fraction of sp³-hybridized carbons (Fsp3) is 0.364. The number of nitrogens with zero attached hydrogens (tertiary/aromatic N) is 1. The first-order valence-corrected chi connectivity index (χ1v) is 10.0. The van der Waals surface area contributed by atoms with E-state index < -0.39 is 0 Å². The van der Waals surface area contributed by atoms with Gasteiger partial charge >= 0.3 is 0 Å². The number of ether oxygens (including phenoxy) is 3. The molecule has 2 N–H and O–H groups in total. The maximum absolute atomic E-state index is 12.5. The lowest BCUT2D eigenvalue weighted by Gasteiger charge is -2.10. The van der Waals surface area contributed by atoms with Gasteiger partial charge in [-0.15, -0.1) is 0 Å². The topological polar surface area (TPSA) is 85.5 Å². The Balaban J connectivity index is 1.27. The van der Waals surface area contributed by atoms with Gasteiger partial charge in [-0.2, -0.15) is 0 Å². The largest absolute Gasteiger partial charge is 0.490 e. The van der Waals surface area contributed by atoms with Gasteiger partial charge in [-0.05, 0) is 48.7 Å². The Morgan fingerprint density at radius 2 is 1.97 bits per heavy atom.